The van der Waals surface area contributed by atoms with Gasteiger partial charge in [-0.15, -0.1) is 0 Å². The fraction of sp³-hybridized carbons (Fsp3) is 0.500. The Hall–Kier alpha value is -1.39. The van der Waals surface area contributed by atoms with E-state index in [1.807, 2.05) is 45.0 Å². The molecule has 0 saturated heterocycles. The van der Waals surface area contributed by atoms with E-state index in [9.17, 15) is 4.79 Å². The van der Waals surface area contributed by atoms with Crippen molar-refractivity contribution in [2.75, 3.05) is 0 Å². The summed E-state index contributed by atoms with van der Waals surface area (Å²) in [6.45, 7) is 5.96. The molecule has 1 unspecified atom stereocenters. The first-order chi connectivity index (χ1) is 8.31. The molecule has 100 valence electrons. The zero-order valence-electron chi connectivity index (χ0n) is 11.3. The number of carbonyl (C=O) groups is 1. The number of nitrogens with two attached hydrogens (primary N) is 2. The van der Waals surface area contributed by atoms with E-state index in [0.717, 1.165) is 11.1 Å². The van der Waals surface area contributed by atoms with Gasteiger partial charge in [0.15, 0.2) is 0 Å². The number of ether oxygens (including phenoxy) is 1. The highest BCUT2D eigenvalue weighted by molar-refractivity contribution is 5.76. The van der Waals surface area contributed by atoms with Crippen LogP contribution in [0.1, 0.15) is 31.9 Å². The van der Waals surface area contributed by atoms with Crippen LogP contribution in [0.15, 0.2) is 24.3 Å². The summed E-state index contributed by atoms with van der Waals surface area (Å²) in [4.78, 5) is 11.7. The number of esters is 1. The summed E-state index contributed by atoms with van der Waals surface area (Å²) in [6, 6.07) is 7.12. The molecule has 4 heteroatoms. The van der Waals surface area contributed by atoms with E-state index >= 15 is 0 Å². The second kappa shape index (κ2) is 5.98. The molecule has 1 aromatic carbocycles. The third-order valence-electron chi connectivity index (χ3n) is 2.39. The third-order valence-corrected chi connectivity index (χ3v) is 2.39. The van der Waals surface area contributed by atoms with Crippen molar-refractivity contribution in [3.63, 3.8) is 0 Å². The van der Waals surface area contributed by atoms with E-state index < -0.39 is 11.6 Å². The smallest absolute Gasteiger partial charge is 0.323 e. The molecule has 0 amide bonds. The van der Waals surface area contributed by atoms with Gasteiger partial charge < -0.3 is 16.2 Å². The van der Waals surface area contributed by atoms with E-state index in [1.54, 1.807) is 0 Å². The Kier molecular flexibility index (Phi) is 4.87. The maximum atomic E-state index is 11.7. The predicted molar refractivity (Wildman–Crippen MR) is 71.9 cm³/mol. The van der Waals surface area contributed by atoms with Crippen molar-refractivity contribution >= 4 is 5.97 Å². The molecule has 4 N–H and O–H groups in total. The van der Waals surface area contributed by atoms with Crippen LogP contribution >= 0.6 is 0 Å². The Bertz CT molecular complexity index is 411. The van der Waals surface area contributed by atoms with Gasteiger partial charge in [-0.2, -0.15) is 0 Å². The SMILES string of the molecule is CC(C)(C)OC(=O)C(N)Cc1cccc(CN)c1. The molecule has 0 spiro atoms. The van der Waals surface area contributed by atoms with Crippen LogP contribution < -0.4 is 11.5 Å². The monoisotopic (exact) mass is 250 g/mol. The number of hydrogen-bond acceptors (Lipinski definition) is 4. The maximum absolute atomic E-state index is 11.7. The van der Waals surface area contributed by atoms with Gasteiger partial charge in [0, 0.05) is 6.54 Å². The van der Waals surface area contributed by atoms with Crippen LogP contribution in [-0.2, 0) is 22.5 Å². The van der Waals surface area contributed by atoms with Crippen LogP contribution in [0.25, 0.3) is 0 Å². The van der Waals surface area contributed by atoms with Gasteiger partial charge in [-0.3, -0.25) is 4.79 Å². The van der Waals surface area contributed by atoms with Crippen LogP contribution in [-0.4, -0.2) is 17.6 Å². The van der Waals surface area contributed by atoms with Crippen molar-refractivity contribution in [3.8, 4) is 0 Å². The highest BCUT2D eigenvalue weighted by Crippen LogP contribution is 2.11. The lowest BCUT2D eigenvalue weighted by molar-refractivity contribution is -0.156. The molecule has 0 aromatic heterocycles. The molecule has 0 aliphatic carbocycles. The van der Waals surface area contributed by atoms with Gasteiger partial charge in [0.1, 0.15) is 11.6 Å². The molecule has 1 rings (SSSR count). The van der Waals surface area contributed by atoms with E-state index in [-0.39, 0.29) is 5.97 Å². The summed E-state index contributed by atoms with van der Waals surface area (Å²) in [5.41, 5.74) is 12.9. The Labute approximate surface area is 108 Å². The molecule has 1 atom stereocenters. The van der Waals surface area contributed by atoms with Crippen LogP contribution in [0.2, 0.25) is 0 Å². The zero-order valence-corrected chi connectivity index (χ0v) is 11.3. The lowest BCUT2D eigenvalue weighted by atomic mass is 10.0. The number of rotatable bonds is 4. The maximum Gasteiger partial charge on any atom is 0.323 e. The molecule has 1 aromatic rings. The Morgan fingerprint density at radius 2 is 1.94 bits per heavy atom. The van der Waals surface area contributed by atoms with E-state index in [1.165, 1.54) is 0 Å². The molecular formula is C14H22N2O2. The molecule has 0 bridgehead atoms. The van der Waals surface area contributed by atoms with Crippen molar-refractivity contribution in [1.29, 1.82) is 0 Å². The van der Waals surface area contributed by atoms with Gasteiger partial charge in [-0.1, -0.05) is 24.3 Å². The summed E-state index contributed by atoms with van der Waals surface area (Å²) < 4.78 is 5.24. The van der Waals surface area contributed by atoms with E-state index in [0.29, 0.717) is 13.0 Å². The lowest BCUT2D eigenvalue weighted by Crippen LogP contribution is -2.38. The van der Waals surface area contributed by atoms with Crippen LogP contribution in [0.5, 0.6) is 0 Å². The first-order valence-electron chi connectivity index (χ1n) is 6.08. The van der Waals surface area contributed by atoms with Gasteiger partial charge >= 0.3 is 5.97 Å². The van der Waals surface area contributed by atoms with Crippen molar-refractivity contribution in [2.45, 2.75) is 45.4 Å². The minimum absolute atomic E-state index is 0.374. The van der Waals surface area contributed by atoms with Gasteiger partial charge in [0.2, 0.25) is 0 Å². The number of carbonyl (C=O) groups excluding carboxylic acids is 1. The molecule has 0 saturated carbocycles. The van der Waals surface area contributed by atoms with Gasteiger partial charge in [0.05, 0.1) is 0 Å². The second-order valence-electron chi connectivity index (χ2n) is 5.37. The topological polar surface area (TPSA) is 78.3 Å². The highest BCUT2D eigenvalue weighted by atomic mass is 16.6. The fourth-order valence-corrected chi connectivity index (χ4v) is 1.60. The summed E-state index contributed by atoms with van der Waals surface area (Å²) in [5.74, 6) is -0.374. The Balaban J connectivity index is 2.63. The number of benzene rings is 1. The first-order valence-corrected chi connectivity index (χ1v) is 6.08. The van der Waals surface area contributed by atoms with Gasteiger partial charge in [-0.05, 0) is 38.3 Å². The second-order valence-corrected chi connectivity index (χ2v) is 5.37. The lowest BCUT2D eigenvalue weighted by Gasteiger charge is -2.22. The largest absolute Gasteiger partial charge is 0.459 e. The Morgan fingerprint density at radius 3 is 2.50 bits per heavy atom. The third kappa shape index (κ3) is 4.85. The van der Waals surface area contributed by atoms with Crippen molar-refractivity contribution in [1.82, 2.24) is 0 Å². The summed E-state index contributed by atoms with van der Waals surface area (Å²) in [6.07, 6.45) is 0.461. The minimum atomic E-state index is -0.641. The summed E-state index contributed by atoms with van der Waals surface area (Å²) in [5, 5.41) is 0. The fourth-order valence-electron chi connectivity index (χ4n) is 1.60. The molecule has 0 radical (unpaired) electrons. The first kappa shape index (κ1) is 14.7. The molecule has 0 aliphatic heterocycles. The van der Waals surface area contributed by atoms with Crippen LogP contribution in [0.3, 0.4) is 0 Å². The summed E-state index contributed by atoms with van der Waals surface area (Å²) in [7, 11) is 0. The zero-order chi connectivity index (χ0) is 13.8. The molecule has 4 nitrogen and oxygen atoms in total. The van der Waals surface area contributed by atoms with E-state index in [4.69, 9.17) is 16.2 Å². The van der Waals surface area contributed by atoms with Gasteiger partial charge in [0.25, 0.3) is 0 Å². The molecule has 18 heavy (non-hydrogen) atoms. The molecule has 0 heterocycles. The van der Waals surface area contributed by atoms with Crippen molar-refractivity contribution in [3.05, 3.63) is 35.4 Å². The van der Waals surface area contributed by atoms with Crippen LogP contribution in [0.4, 0.5) is 0 Å². The Morgan fingerprint density at radius 1 is 1.33 bits per heavy atom. The normalized spacial score (nSPS) is 13.2. The predicted octanol–water partition coefficient (Wildman–Crippen LogP) is 1.36. The van der Waals surface area contributed by atoms with Gasteiger partial charge in [-0.25, -0.2) is 0 Å². The van der Waals surface area contributed by atoms with E-state index in [2.05, 4.69) is 0 Å². The standard InChI is InChI=1S/C14H22N2O2/c1-14(2,3)18-13(17)12(16)8-10-5-4-6-11(7-10)9-15/h4-7,12H,8-9,15-16H2,1-3H3. The van der Waals surface area contributed by atoms with Crippen molar-refractivity contribution in [2.24, 2.45) is 11.5 Å². The summed E-state index contributed by atoms with van der Waals surface area (Å²) >= 11 is 0. The minimum Gasteiger partial charge on any atom is -0.459 e. The van der Waals surface area contributed by atoms with Crippen molar-refractivity contribution < 1.29 is 9.53 Å². The molecular weight excluding hydrogens is 228 g/mol. The highest BCUT2D eigenvalue weighted by Gasteiger charge is 2.22. The quantitative estimate of drug-likeness (QED) is 0.791. The molecule has 0 aliphatic rings. The average molecular weight is 250 g/mol. The average Bonchev–Trinajstić information content (AvgIpc) is 2.27. The van der Waals surface area contributed by atoms with Crippen LogP contribution in [0, 0.1) is 0 Å². The molecule has 0 fully saturated rings. The number of hydrogen-bond donors (Lipinski definition) is 2.